The number of hydrogen-bond donors (Lipinski definition) is 1. The SMILES string of the molecule is CC(=O)OC1CC(C(=O)O)Oc2ccc(C)cc21. The molecule has 1 N–H and O–H groups in total. The van der Waals surface area contributed by atoms with Gasteiger partial charge < -0.3 is 14.6 Å². The van der Waals surface area contributed by atoms with Crippen molar-refractivity contribution < 1.29 is 24.2 Å². The van der Waals surface area contributed by atoms with Gasteiger partial charge in [0.15, 0.2) is 6.10 Å². The van der Waals surface area contributed by atoms with Gasteiger partial charge in [-0.25, -0.2) is 4.79 Å². The van der Waals surface area contributed by atoms with E-state index < -0.39 is 24.1 Å². The van der Waals surface area contributed by atoms with Gasteiger partial charge in [0.25, 0.3) is 0 Å². The average molecular weight is 250 g/mol. The van der Waals surface area contributed by atoms with E-state index in [1.807, 2.05) is 19.1 Å². The lowest BCUT2D eigenvalue weighted by molar-refractivity contribution is -0.156. The molecule has 0 bridgehead atoms. The minimum absolute atomic E-state index is 0.130. The quantitative estimate of drug-likeness (QED) is 0.811. The second kappa shape index (κ2) is 4.68. The van der Waals surface area contributed by atoms with Crippen LogP contribution in [0.25, 0.3) is 0 Å². The summed E-state index contributed by atoms with van der Waals surface area (Å²) in [4.78, 5) is 22.1. The van der Waals surface area contributed by atoms with E-state index in [2.05, 4.69) is 0 Å². The smallest absolute Gasteiger partial charge is 0.345 e. The minimum atomic E-state index is -1.06. The first kappa shape index (κ1) is 12.4. The van der Waals surface area contributed by atoms with Crippen molar-refractivity contribution in [1.82, 2.24) is 0 Å². The highest BCUT2D eigenvalue weighted by Crippen LogP contribution is 2.37. The van der Waals surface area contributed by atoms with Gasteiger partial charge >= 0.3 is 11.9 Å². The van der Waals surface area contributed by atoms with Gasteiger partial charge in [-0.15, -0.1) is 0 Å². The van der Waals surface area contributed by atoms with Crippen LogP contribution >= 0.6 is 0 Å². The second-order valence-corrected chi connectivity index (χ2v) is 4.32. The average Bonchev–Trinajstić information content (AvgIpc) is 2.28. The van der Waals surface area contributed by atoms with E-state index in [1.54, 1.807) is 6.07 Å². The highest BCUT2D eigenvalue weighted by Gasteiger charge is 2.34. The molecule has 0 aromatic heterocycles. The Bertz CT molecular complexity index is 494. The lowest BCUT2D eigenvalue weighted by atomic mass is 9.97. The lowest BCUT2D eigenvalue weighted by Crippen LogP contribution is -2.34. The van der Waals surface area contributed by atoms with Crippen molar-refractivity contribution in [3.63, 3.8) is 0 Å². The first-order valence-electron chi connectivity index (χ1n) is 5.64. The van der Waals surface area contributed by atoms with Gasteiger partial charge in [-0.2, -0.15) is 0 Å². The Kier molecular flexibility index (Phi) is 3.23. The third-order valence-electron chi connectivity index (χ3n) is 2.79. The molecule has 2 atom stereocenters. The van der Waals surface area contributed by atoms with Crippen LogP contribution in [-0.4, -0.2) is 23.1 Å². The van der Waals surface area contributed by atoms with Crippen molar-refractivity contribution in [1.29, 1.82) is 0 Å². The topological polar surface area (TPSA) is 72.8 Å². The number of ether oxygens (including phenoxy) is 2. The Morgan fingerprint density at radius 3 is 2.78 bits per heavy atom. The molecule has 1 heterocycles. The molecule has 0 saturated heterocycles. The molecule has 5 nitrogen and oxygen atoms in total. The Morgan fingerprint density at radius 2 is 2.17 bits per heavy atom. The maximum absolute atomic E-state index is 11.1. The Balaban J connectivity index is 2.37. The van der Waals surface area contributed by atoms with Crippen molar-refractivity contribution in [3.8, 4) is 5.75 Å². The summed E-state index contributed by atoms with van der Waals surface area (Å²) in [7, 11) is 0. The zero-order valence-electron chi connectivity index (χ0n) is 10.2. The number of fused-ring (bicyclic) bond motifs is 1. The highest BCUT2D eigenvalue weighted by molar-refractivity contribution is 5.74. The van der Waals surface area contributed by atoms with Gasteiger partial charge in [0.1, 0.15) is 11.9 Å². The Hall–Kier alpha value is -2.04. The van der Waals surface area contributed by atoms with Crippen LogP contribution in [-0.2, 0) is 14.3 Å². The third kappa shape index (κ3) is 2.45. The summed E-state index contributed by atoms with van der Waals surface area (Å²) < 4.78 is 10.5. The first-order chi connectivity index (χ1) is 8.47. The van der Waals surface area contributed by atoms with E-state index in [0.29, 0.717) is 5.75 Å². The molecule has 0 aliphatic carbocycles. The van der Waals surface area contributed by atoms with E-state index in [0.717, 1.165) is 11.1 Å². The van der Waals surface area contributed by atoms with Gasteiger partial charge in [0.2, 0.25) is 0 Å². The number of hydrogen-bond acceptors (Lipinski definition) is 4. The van der Waals surface area contributed by atoms with Crippen LogP contribution < -0.4 is 4.74 Å². The van der Waals surface area contributed by atoms with Crippen LogP contribution in [0.4, 0.5) is 0 Å². The molecule has 1 aromatic carbocycles. The van der Waals surface area contributed by atoms with Crippen LogP contribution in [0.1, 0.15) is 30.6 Å². The van der Waals surface area contributed by atoms with Crippen LogP contribution in [0.3, 0.4) is 0 Å². The van der Waals surface area contributed by atoms with Crippen molar-refractivity contribution in [2.45, 2.75) is 32.5 Å². The fourth-order valence-corrected chi connectivity index (χ4v) is 2.01. The van der Waals surface area contributed by atoms with E-state index >= 15 is 0 Å². The summed E-state index contributed by atoms with van der Waals surface area (Å²) in [6.07, 6.45) is -1.41. The molecule has 2 unspecified atom stereocenters. The standard InChI is InChI=1S/C13H14O5/c1-7-3-4-10-9(5-7)11(17-8(2)14)6-12(18-10)13(15)16/h3-5,11-12H,6H2,1-2H3,(H,15,16). The van der Waals surface area contributed by atoms with Gasteiger partial charge in [0, 0.05) is 18.9 Å². The van der Waals surface area contributed by atoms with E-state index in [-0.39, 0.29) is 6.42 Å². The van der Waals surface area contributed by atoms with Gasteiger partial charge in [-0.3, -0.25) is 4.79 Å². The predicted molar refractivity (Wildman–Crippen MR) is 62.4 cm³/mol. The molecule has 0 radical (unpaired) electrons. The molecule has 0 spiro atoms. The molecule has 0 fully saturated rings. The molecular formula is C13H14O5. The molecule has 2 rings (SSSR count). The maximum Gasteiger partial charge on any atom is 0.345 e. The molecule has 96 valence electrons. The summed E-state index contributed by atoms with van der Waals surface area (Å²) in [6, 6.07) is 5.38. The maximum atomic E-state index is 11.1. The van der Waals surface area contributed by atoms with E-state index in [9.17, 15) is 9.59 Å². The molecule has 5 heteroatoms. The molecule has 0 amide bonds. The zero-order valence-corrected chi connectivity index (χ0v) is 10.2. The lowest BCUT2D eigenvalue weighted by Gasteiger charge is -2.29. The fraction of sp³-hybridized carbons (Fsp3) is 0.385. The number of carbonyl (C=O) groups is 2. The minimum Gasteiger partial charge on any atom is -0.479 e. The molecule has 1 aliphatic heterocycles. The molecule has 1 aromatic rings. The fourth-order valence-electron chi connectivity index (χ4n) is 2.01. The number of benzene rings is 1. The number of carboxylic acids is 1. The Morgan fingerprint density at radius 1 is 1.44 bits per heavy atom. The summed E-state index contributed by atoms with van der Waals surface area (Å²) in [6.45, 7) is 3.22. The van der Waals surface area contributed by atoms with Gasteiger partial charge in [-0.05, 0) is 19.1 Å². The number of carbonyl (C=O) groups excluding carboxylic acids is 1. The van der Waals surface area contributed by atoms with Crippen LogP contribution in [0.5, 0.6) is 5.75 Å². The van der Waals surface area contributed by atoms with Gasteiger partial charge in [-0.1, -0.05) is 11.6 Å². The molecule has 18 heavy (non-hydrogen) atoms. The monoisotopic (exact) mass is 250 g/mol. The van der Waals surface area contributed by atoms with Crippen molar-refractivity contribution in [2.24, 2.45) is 0 Å². The van der Waals surface area contributed by atoms with Crippen LogP contribution in [0, 0.1) is 6.92 Å². The van der Waals surface area contributed by atoms with E-state index in [1.165, 1.54) is 6.92 Å². The van der Waals surface area contributed by atoms with Crippen LogP contribution in [0.15, 0.2) is 18.2 Å². The molecular weight excluding hydrogens is 236 g/mol. The summed E-state index contributed by atoms with van der Waals surface area (Å²) >= 11 is 0. The predicted octanol–water partition coefficient (Wildman–Crippen LogP) is 1.83. The third-order valence-corrected chi connectivity index (χ3v) is 2.79. The van der Waals surface area contributed by atoms with E-state index in [4.69, 9.17) is 14.6 Å². The second-order valence-electron chi connectivity index (χ2n) is 4.32. The first-order valence-corrected chi connectivity index (χ1v) is 5.64. The Labute approximate surface area is 104 Å². The number of esters is 1. The van der Waals surface area contributed by atoms with Gasteiger partial charge in [0.05, 0.1) is 0 Å². The summed E-state index contributed by atoms with van der Waals surface area (Å²) in [5.74, 6) is -1.03. The highest BCUT2D eigenvalue weighted by atomic mass is 16.6. The molecule has 1 aliphatic rings. The zero-order chi connectivity index (χ0) is 13.3. The van der Waals surface area contributed by atoms with Crippen molar-refractivity contribution in [2.75, 3.05) is 0 Å². The van der Waals surface area contributed by atoms with Crippen molar-refractivity contribution in [3.05, 3.63) is 29.3 Å². The normalized spacial score (nSPS) is 21.7. The molecule has 0 saturated carbocycles. The number of carboxylic acid groups (broad SMARTS) is 1. The largest absolute Gasteiger partial charge is 0.479 e. The summed E-state index contributed by atoms with van der Waals surface area (Å²) in [5, 5.41) is 9.00. The number of aryl methyl sites for hydroxylation is 1. The number of aliphatic carboxylic acids is 1. The number of rotatable bonds is 2. The van der Waals surface area contributed by atoms with Crippen LogP contribution in [0.2, 0.25) is 0 Å². The van der Waals surface area contributed by atoms with Crippen molar-refractivity contribution >= 4 is 11.9 Å². The summed E-state index contributed by atoms with van der Waals surface area (Å²) in [5.41, 5.74) is 1.73.